The van der Waals surface area contributed by atoms with Gasteiger partial charge in [0.05, 0.1) is 24.9 Å². The van der Waals surface area contributed by atoms with Crippen LogP contribution in [0.2, 0.25) is 0 Å². The smallest absolute Gasteiger partial charge is 0.272 e. The normalized spacial score (nSPS) is 18.5. The van der Waals surface area contributed by atoms with Crippen molar-refractivity contribution in [2.24, 2.45) is 5.92 Å². The summed E-state index contributed by atoms with van der Waals surface area (Å²) < 4.78 is 0. The maximum Gasteiger partial charge on any atom is 0.272 e. The zero-order valence-corrected chi connectivity index (χ0v) is 13.9. The van der Waals surface area contributed by atoms with Crippen LogP contribution in [0.3, 0.4) is 0 Å². The number of carbonyl (C=O) groups is 2. The lowest BCUT2D eigenvalue weighted by Crippen LogP contribution is -2.40. The molecule has 2 heterocycles. The van der Waals surface area contributed by atoms with Crippen LogP contribution in [-0.2, 0) is 17.8 Å². The van der Waals surface area contributed by atoms with Crippen molar-refractivity contribution in [3.8, 4) is 0 Å². The molecule has 3 N–H and O–H groups in total. The van der Waals surface area contributed by atoms with Gasteiger partial charge in [0.2, 0.25) is 5.91 Å². The van der Waals surface area contributed by atoms with Crippen molar-refractivity contribution >= 4 is 11.8 Å². The Morgan fingerprint density at radius 1 is 1.46 bits per heavy atom. The van der Waals surface area contributed by atoms with E-state index in [4.69, 9.17) is 0 Å². The molecule has 0 saturated heterocycles. The van der Waals surface area contributed by atoms with Crippen LogP contribution in [-0.4, -0.2) is 51.2 Å². The standard InChI is InChI=1S/C17H24N4O3/c1-2-12(10-22)18-16(23)15-13-7-8-21(9-14(13)19-20-15)17(24)11-5-3-4-6-11/h3-4,11-12,22H,2,5-10H2,1H3,(H,18,23)(H,19,20). The molecule has 2 amide bonds. The Kier molecular flexibility index (Phi) is 4.99. The van der Waals surface area contributed by atoms with Crippen molar-refractivity contribution in [1.82, 2.24) is 20.4 Å². The number of aromatic nitrogens is 2. The van der Waals surface area contributed by atoms with Crippen molar-refractivity contribution in [2.45, 2.75) is 45.2 Å². The van der Waals surface area contributed by atoms with Crippen LogP contribution < -0.4 is 5.32 Å². The highest BCUT2D eigenvalue weighted by Crippen LogP contribution is 2.25. The van der Waals surface area contributed by atoms with Gasteiger partial charge in [0.15, 0.2) is 5.69 Å². The van der Waals surface area contributed by atoms with Crippen LogP contribution >= 0.6 is 0 Å². The minimum Gasteiger partial charge on any atom is -0.394 e. The molecule has 7 heteroatoms. The summed E-state index contributed by atoms with van der Waals surface area (Å²) in [5.41, 5.74) is 2.10. The summed E-state index contributed by atoms with van der Waals surface area (Å²) in [6, 6.07) is -0.263. The number of hydrogen-bond donors (Lipinski definition) is 3. The number of allylic oxidation sites excluding steroid dienone is 2. The van der Waals surface area contributed by atoms with Crippen LogP contribution in [0.25, 0.3) is 0 Å². The Morgan fingerprint density at radius 3 is 2.88 bits per heavy atom. The topological polar surface area (TPSA) is 98.3 Å². The van der Waals surface area contributed by atoms with Crippen molar-refractivity contribution < 1.29 is 14.7 Å². The second-order valence-electron chi connectivity index (χ2n) is 6.44. The molecule has 1 aliphatic carbocycles. The van der Waals surface area contributed by atoms with E-state index in [0.29, 0.717) is 31.6 Å². The number of amides is 2. The predicted octanol–water partition coefficient (Wildman–Crippen LogP) is 0.761. The molecule has 0 aromatic carbocycles. The highest BCUT2D eigenvalue weighted by atomic mass is 16.3. The van der Waals surface area contributed by atoms with Crippen LogP contribution in [0.5, 0.6) is 0 Å². The van der Waals surface area contributed by atoms with Gasteiger partial charge in [-0.25, -0.2) is 0 Å². The van der Waals surface area contributed by atoms with E-state index in [1.165, 1.54) is 0 Å². The molecule has 1 atom stereocenters. The molecule has 1 aliphatic heterocycles. The first-order valence-corrected chi connectivity index (χ1v) is 8.55. The molecule has 0 radical (unpaired) electrons. The molecule has 24 heavy (non-hydrogen) atoms. The average molecular weight is 332 g/mol. The minimum absolute atomic E-state index is 0.0621. The molecule has 1 aromatic heterocycles. The summed E-state index contributed by atoms with van der Waals surface area (Å²) >= 11 is 0. The first kappa shape index (κ1) is 16.7. The van der Waals surface area contributed by atoms with E-state index in [2.05, 4.69) is 27.7 Å². The van der Waals surface area contributed by atoms with E-state index in [1.54, 1.807) is 0 Å². The fourth-order valence-corrected chi connectivity index (χ4v) is 3.30. The van der Waals surface area contributed by atoms with Gasteiger partial charge in [-0.3, -0.25) is 14.7 Å². The first-order chi connectivity index (χ1) is 11.6. The molecule has 130 valence electrons. The molecular weight excluding hydrogens is 308 g/mol. The molecule has 3 rings (SSSR count). The van der Waals surface area contributed by atoms with E-state index in [1.807, 2.05) is 11.8 Å². The Hall–Kier alpha value is -2.15. The van der Waals surface area contributed by atoms with Crippen molar-refractivity contribution in [3.63, 3.8) is 0 Å². The molecule has 2 aliphatic rings. The van der Waals surface area contributed by atoms with E-state index >= 15 is 0 Å². The number of carbonyl (C=O) groups excluding carboxylic acids is 2. The Balaban J connectivity index is 1.67. The van der Waals surface area contributed by atoms with Gasteiger partial charge in [0.25, 0.3) is 5.91 Å². The highest BCUT2D eigenvalue weighted by molar-refractivity contribution is 5.94. The molecule has 1 aromatic rings. The third kappa shape index (κ3) is 3.21. The largest absolute Gasteiger partial charge is 0.394 e. The molecule has 7 nitrogen and oxygen atoms in total. The number of aromatic amines is 1. The molecule has 1 unspecified atom stereocenters. The molecule has 0 fully saturated rings. The number of nitrogens with zero attached hydrogens (tertiary/aromatic N) is 2. The van der Waals surface area contributed by atoms with Crippen molar-refractivity contribution in [1.29, 1.82) is 0 Å². The van der Waals surface area contributed by atoms with E-state index in [0.717, 1.165) is 24.1 Å². The summed E-state index contributed by atoms with van der Waals surface area (Å²) in [4.78, 5) is 26.7. The van der Waals surface area contributed by atoms with Gasteiger partial charge in [-0.05, 0) is 25.7 Å². The van der Waals surface area contributed by atoms with Crippen LogP contribution in [0, 0.1) is 5.92 Å². The maximum absolute atomic E-state index is 12.5. The number of fused-ring (bicyclic) bond motifs is 1. The van der Waals surface area contributed by atoms with Gasteiger partial charge >= 0.3 is 0 Å². The fraction of sp³-hybridized carbons (Fsp3) is 0.588. The fourth-order valence-electron chi connectivity index (χ4n) is 3.30. The number of aliphatic hydroxyl groups is 1. The van der Waals surface area contributed by atoms with E-state index < -0.39 is 0 Å². The third-order valence-corrected chi connectivity index (χ3v) is 4.87. The van der Waals surface area contributed by atoms with Gasteiger partial charge < -0.3 is 15.3 Å². The van der Waals surface area contributed by atoms with Gasteiger partial charge in [-0.2, -0.15) is 5.10 Å². The van der Waals surface area contributed by atoms with E-state index in [9.17, 15) is 14.7 Å². The Morgan fingerprint density at radius 2 is 2.21 bits per heavy atom. The summed E-state index contributed by atoms with van der Waals surface area (Å²) in [5, 5.41) is 19.1. The lowest BCUT2D eigenvalue weighted by molar-refractivity contribution is -0.136. The van der Waals surface area contributed by atoms with Crippen molar-refractivity contribution in [2.75, 3.05) is 13.2 Å². The highest BCUT2D eigenvalue weighted by Gasteiger charge is 2.31. The molecule has 0 bridgehead atoms. The summed E-state index contributed by atoms with van der Waals surface area (Å²) in [6.45, 7) is 2.90. The lowest BCUT2D eigenvalue weighted by atomic mass is 10.0. The summed E-state index contributed by atoms with van der Waals surface area (Å²) in [5.74, 6) is -0.0298. The zero-order chi connectivity index (χ0) is 17.1. The number of nitrogens with one attached hydrogen (secondary N) is 2. The van der Waals surface area contributed by atoms with Gasteiger partial charge in [-0.1, -0.05) is 19.1 Å². The van der Waals surface area contributed by atoms with Crippen LogP contribution in [0.1, 0.15) is 47.9 Å². The minimum atomic E-state index is -0.270. The molecule has 0 saturated carbocycles. The molecular formula is C17H24N4O3. The zero-order valence-electron chi connectivity index (χ0n) is 13.9. The second-order valence-corrected chi connectivity index (χ2v) is 6.44. The quantitative estimate of drug-likeness (QED) is 0.693. The number of rotatable bonds is 5. The number of H-pyrrole nitrogens is 1. The Labute approximate surface area is 141 Å². The van der Waals surface area contributed by atoms with E-state index in [-0.39, 0.29) is 30.4 Å². The molecule has 0 spiro atoms. The van der Waals surface area contributed by atoms with Crippen molar-refractivity contribution in [3.05, 3.63) is 29.1 Å². The van der Waals surface area contributed by atoms with Crippen LogP contribution in [0.15, 0.2) is 12.2 Å². The van der Waals surface area contributed by atoms with Gasteiger partial charge in [0.1, 0.15) is 0 Å². The Bertz CT molecular complexity index is 640. The third-order valence-electron chi connectivity index (χ3n) is 4.87. The number of aliphatic hydroxyl groups excluding tert-OH is 1. The summed E-state index contributed by atoms with van der Waals surface area (Å²) in [7, 11) is 0. The van der Waals surface area contributed by atoms with Crippen LogP contribution in [0.4, 0.5) is 0 Å². The second kappa shape index (κ2) is 7.17. The van der Waals surface area contributed by atoms with Gasteiger partial charge in [0, 0.05) is 18.0 Å². The lowest BCUT2D eigenvalue weighted by Gasteiger charge is -2.29. The first-order valence-electron chi connectivity index (χ1n) is 8.55. The monoisotopic (exact) mass is 332 g/mol. The van der Waals surface area contributed by atoms with Gasteiger partial charge in [-0.15, -0.1) is 0 Å². The average Bonchev–Trinajstić information content (AvgIpc) is 3.27. The SMILES string of the molecule is CCC(CO)NC(=O)c1n[nH]c2c1CCN(C(=O)C1CC=CC1)C2. The number of hydrogen-bond acceptors (Lipinski definition) is 4. The summed E-state index contributed by atoms with van der Waals surface area (Å²) in [6.07, 6.45) is 7.03. The predicted molar refractivity (Wildman–Crippen MR) is 88.2 cm³/mol. The maximum atomic E-state index is 12.5.